The summed E-state index contributed by atoms with van der Waals surface area (Å²) in [6, 6.07) is 56.0. The van der Waals surface area contributed by atoms with E-state index in [0.29, 0.717) is 0 Å². The van der Waals surface area contributed by atoms with Gasteiger partial charge in [0.15, 0.2) is 5.82 Å². The molecule has 0 fully saturated rings. The Kier molecular flexibility index (Phi) is 6.10. The normalized spacial score (nSPS) is 11.9. The van der Waals surface area contributed by atoms with E-state index in [4.69, 9.17) is 9.97 Å². The van der Waals surface area contributed by atoms with E-state index in [1.54, 1.807) is 0 Å². The average molecular weight is 591 g/mol. The standard InChI is InChI=1S/C42H26N2S/c1-3-12-27(13-4-1)29-16-9-17-30(26-29)31-24-25-38-39-32(31)19-10-20-33(39)34-21-11-22-36(41(34)45-38)42-43-37-23-8-7-18-35(37)40(44-42)28-14-5-2-6-15-28/h1-26H. The molecule has 0 N–H and O–H groups in total. The maximum atomic E-state index is 5.22. The fraction of sp³-hybridized carbons (Fsp3) is 0. The van der Waals surface area contributed by atoms with E-state index in [-0.39, 0.29) is 0 Å². The highest BCUT2D eigenvalue weighted by Gasteiger charge is 2.25. The van der Waals surface area contributed by atoms with Gasteiger partial charge in [0.25, 0.3) is 0 Å². The third kappa shape index (κ3) is 4.35. The maximum Gasteiger partial charge on any atom is 0.161 e. The first-order valence-electron chi connectivity index (χ1n) is 15.2. The van der Waals surface area contributed by atoms with E-state index in [9.17, 15) is 0 Å². The first-order chi connectivity index (χ1) is 22.3. The fourth-order valence-corrected chi connectivity index (χ4v) is 7.83. The summed E-state index contributed by atoms with van der Waals surface area (Å²) in [5, 5.41) is 3.63. The molecule has 0 saturated heterocycles. The van der Waals surface area contributed by atoms with Gasteiger partial charge < -0.3 is 0 Å². The largest absolute Gasteiger partial charge is 0.228 e. The van der Waals surface area contributed by atoms with Gasteiger partial charge in [0.2, 0.25) is 0 Å². The van der Waals surface area contributed by atoms with Crippen molar-refractivity contribution in [3.63, 3.8) is 0 Å². The molecule has 210 valence electrons. The molecular weight excluding hydrogens is 565 g/mol. The zero-order valence-electron chi connectivity index (χ0n) is 24.3. The lowest BCUT2D eigenvalue weighted by atomic mass is 9.91. The molecule has 7 aromatic carbocycles. The predicted octanol–water partition coefficient (Wildman–Crippen LogP) is 11.6. The minimum Gasteiger partial charge on any atom is -0.228 e. The van der Waals surface area contributed by atoms with Gasteiger partial charge >= 0.3 is 0 Å². The van der Waals surface area contributed by atoms with Gasteiger partial charge in [0.05, 0.1) is 11.2 Å². The minimum atomic E-state index is 0.752. The molecule has 0 radical (unpaired) electrons. The van der Waals surface area contributed by atoms with Gasteiger partial charge in [-0.05, 0) is 63.0 Å². The second kappa shape index (κ2) is 10.6. The quantitative estimate of drug-likeness (QED) is 0.204. The van der Waals surface area contributed by atoms with Crippen molar-refractivity contribution >= 4 is 33.4 Å². The molecule has 2 nitrogen and oxygen atoms in total. The Labute approximate surface area is 266 Å². The van der Waals surface area contributed by atoms with E-state index in [0.717, 1.165) is 33.5 Å². The maximum absolute atomic E-state index is 5.22. The zero-order chi connectivity index (χ0) is 29.7. The summed E-state index contributed by atoms with van der Waals surface area (Å²) in [4.78, 5) is 12.8. The van der Waals surface area contributed by atoms with E-state index in [2.05, 4.69) is 146 Å². The van der Waals surface area contributed by atoms with Crippen LogP contribution in [0.15, 0.2) is 168 Å². The molecule has 9 rings (SSSR count). The topological polar surface area (TPSA) is 25.8 Å². The SMILES string of the molecule is c1ccc(-c2cccc(-c3ccc4c5c(cccc35)-c3cccc(-c5nc(-c6ccccc6)c6ccccc6n5)c3S4)c2)cc1. The monoisotopic (exact) mass is 590 g/mol. The first-order valence-corrected chi connectivity index (χ1v) is 16.0. The Morgan fingerprint density at radius 3 is 1.91 bits per heavy atom. The zero-order valence-corrected chi connectivity index (χ0v) is 25.1. The molecule has 0 unspecified atom stereocenters. The highest BCUT2D eigenvalue weighted by molar-refractivity contribution is 8.00. The number of aromatic nitrogens is 2. The number of benzene rings is 7. The third-order valence-corrected chi connectivity index (χ3v) is 9.90. The molecular formula is C42H26N2S. The molecule has 0 saturated carbocycles. The fourth-order valence-electron chi connectivity index (χ4n) is 6.59. The molecule has 0 atom stereocenters. The Morgan fingerprint density at radius 1 is 0.400 bits per heavy atom. The number of rotatable bonds is 4. The average Bonchev–Trinajstić information content (AvgIpc) is 3.12. The second-order valence-electron chi connectivity index (χ2n) is 11.3. The Hall–Kier alpha value is -5.51. The lowest BCUT2D eigenvalue weighted by Gasteiger charge is -2.24. The summed E-state index contributed by atoms with van der Waals surface area (Å²) in [6.45, 7) is 0. The van der Waals surface area contributed by atoms with Crippen molar-refractivity contribution in [3.8, 4) is 56.0 Å². The van der Waals surface area contributed by atoms with Crippen molar-refractivity contribution in [1.29, 1.82) is 0 Å². The van der Waals surface area contributed by atoms with Crippen LogP contribution in [0.1, 0.15) is 0 Å². The van der Waals surface area contributed by atoms with Crippen molar-refractivity contribution in [2.24, 2.45) is 0 Å². The van der Waals surface area contributed by atoms with Crippen molar-refractivity contribution < 1.29 is 0 Å². The summed E-state index contributed by atoms with van der Waals surface area (Å²) in [5.41, 5.74) is 11.5. The molecule has 0 bridgehead atoms. The van der Waals surface area contributed by atoms with Crippen LogP contribution >= 0.6 is 11.8 Å². The minimum absolute atomic E-state index is 0.752. The number of hydrogen-bond donors (Lipinski definition) is 0. The molecule has 1 aliphatic heterocycles. The van der Waals surface area contributed by atoms with Crippen LogP contribution in [0.5, 0.6) is 0 Å². The van der Waals surface area contributed by atoms with Crippen molar-refractivity contribution in [1.82, 2.24) is 9.97 Å². The van der Waals surface area contributed by atoms with E-state index < -0.39 is 0 Å². The van der Waals surface area contributed by atoms with Gasteiger partial charge in [-0.2, -0.15) is 0 Å². The van der Waals surface area contributed by atoms with Crippen molar-refractivity contribution in [3.05, 3.63) is 158 Å². The molecule has 0 amide bonds. The first kappa shape index (κ1) is 25.9. The summed E-state index contributed by atoms with van der Waals surface area (Å²) in [5.74, 6) is 0.752. The van der Waals surface area contributed by atoms with Gasteiger partial charge in [-0.15, -0.1) is 0 Å². The molecule has 1 aromatic heterocycles. The van der Waals surface area contributed by atoms with Gasteiger partial charge in [-0.1, -0.05) is 145 Å². The number of para-hydroxylation sites is 1. The lowest BCUT2D eigenvalue weighted by molar-refractivity contribution is 1.20. The van der Waals surface area contributed by atoms with Crippen LogP contribution in [-0.2, 0) is 0 Å². The van der Waals surface area contributed by atoms with E-state index >= 15 is 0 Å². The smallest absolute Gasteiger partial charge is 0.161 e. The van der Waals surface area contributed by atoms with Gasteiger partial charge in [-0.3, -0.25) is 0 Å². The predicted molar refractivity (Wildman–Crippen MR) is 188 cm³/mol. The lowest BCUT2D eigenvalue weighted by Crippen LogP contribution is -2.00. The Bertz CT molecular complexity index is 2400. The number of nitrogens with zero attached hydrogens (tertiary/aromatic N) is 2. The third-order valence-electron chi connectivity index (χ3n) is 8.69. The summed E-state index contributed by atoms with van der Waals surface area (Å²) in [7, 11) is 0. The van der Waals surface area contributed by atoms with Crippen LogP contribution in [0.2, 0.25) is 0 Å². The summed E-state index contributed by atoms with van der Waals surface area (Å²) >= 11 is 1.83. The van der Waals surface area contributed by atoms with E-state index in [1.165, 1.54) is 53.9 Å². The van der Waals surface area contributed by atoms with Crippen LogP contribution < -0.4 is 0 Å². The highest BCUT2D eigenvalue weighted by Crippen LogP contribution is 2.52. The molecule has 0 aliphatic carbocycles. The Balaban J connectivity index is 1.21. The van der Waals surface area contributed by atoms with Crippen LogP contribution in [0.3, 0.4) is 0 Å². The van der Waals surface area contributed by atoms with E-state index in [1.807, 2.05) is 23.9 Å². The molecule has 3 heteroatoms. The number of fused-ring (bicyclic) bond motifs is 3. The summed E-state index contributed by atoms with van der Waals surface area (Å²) in [6.07, 6.45) is 0. The van der Waals surface area contributed by atoms with Gasteiger partial charge in [0.1, 0.15) is 0 Å². The number of hydrogen-bond acceptors (Lipinski definition) is 3. The van der Waals surface area contributed by atoms with Crippen LogP contribution in [0, 0.1) is 0 Å². The Morgan fingerprint density at radius 2 is 1.04 bits per heavy atom. The molecule has 8 aromatic rings. The van der Waals surface area contributed by atoms with Gasteiger partial charge in [0, 0.05) is 31.7 Å². The molecule has 45 heavy (non-hydrogen) atoms. The van der Waals surface area contributed by atoms with Crippen LogP contribution in [0.25, 0.3) is 77.7 Å². The van der Waals surface area contributed by atoms with Crippen LogP contribution in [0.4, 0.5) is 0 Å². The van der Waals surface area contributed by atoms with Crippen molar-refractivity contribution in [2.45, 2.75) is 9.79 Å². The molecule has 2 heterocycles. The highest BCUT2D eigenvalue weighted by atomic mass is 32.2. The second-order valence-corrected chi connectivity index (χ2v) is 12.4. The van der Waals surface area contributed by atoms with Crippen molar-refractivity contribution in [2.75, 3.05) is 0 Å². The molecule has 1 aliphatic rings. The van der Waals surface area contributed by atoms with Gasteiger partial charge in [-0.25, -0.2) is 9.97 Å². The molecule has 0 spiro atoms. The van der Waals surface area contributed by atoms with Crippen LogP contribution in [-0.4, -0.2) is 9.97 Å². The summed E-state index contributed by atoms with van der Waals surface area (Å²) < 4.78 is 0.